The standard InChI is InChI=1S/C12H24N2O2/c1-3-4-5-6-7-8-12(16)14-10-9-13-11(2)15/h3-10H2,1-2H3,(H,13,15)(H,14,16). The van der Waals surface area contributed by atoms with Gasteiger partial charge in [0, 0.05) is 26.4 Å². The van der Waals surface area contributed by atoms with Gasteiger partial charge in [0.1, 0.15) is 0 Å². The van der Waals surface area contributed by atoms with E-state index in [1.807, 2.05) is 0 Å². The highest BCUT2D eigenvalue weighted by molar-refractivity contribution is 5.76. The Hall–Kier alpha value is -1.06. The number of hydrogen-bond acceptors (Lipinski definition) is 2. The largest absolute Gasteiger partial charge is 0.355 e. The predicted octanol–water partition coefficient (Wildman–Crippen LogP) is 1.60. The average molecular weight is 228 g/mol. The Kier molecular flexibility index (Phi) is 9.76. The van der Waals surface area contributed by atoms with Gasteiger partial charge in [-0.2, -0.15) is 0 Å². The van der Waals surface area contributed by atoms with Crippen molar-refractivity contribution in [1.29, 1.82) is 0 Å². The molecule has 0 saturated heterocycles. The maximum Gasteiger partial charge on any atom is 0.220 e. The summed E-state index contributed by atoms with van der Waals surface area (Å²) in [5.74, 6) is 0.0238. The van der Waals surface area contributed by atoms with Crippen LogP contribution in [0.15, 0.2) is 0 Å². The van der Waals surface area contributed by atoms with Gasteiger partial charge in [0.05, 0.1) is 0 Å². The highest BCUT2D eigenvalue weighted by atomic mass is 16.2. The van der Waals surface area contributed by atoms with Crippen molar-refractivity contribution in [2.75, 3.05) is 13.1 Å². The maximum absolute atomic E-state index is 11.3. The average Bonchev–Trinajstić information content (AvgIpc) is 2.24. The van der Waals surface area contributed by atoms with E-state index in [1.54, 1.807) is 0 Å². The molecular weight excluding hydrogens is 204 g/mol. The summed E-state index contributed by atoms with van der Waals surface area (Å²) in [5, 5.41) is 5.41. The monoisotopic (exact) mass is 228 g/mol. The molecule has 16 heavy (non-hydrogen) atoms. The van der Waals surface area contributed by atoms with Crippen molar-refractivity contribution in [1.82, 2.24) is 10.6 Å². The summed E-state index contributed by atoms with van der Waals surface area (Å²) >= 11 is 0. The molecule has 0 fully saturated rings. The molecule has 0 radical (unpaired) electrons. The van der Waals surface area contributed by atoms with Gasteiger partial charge >= 0.3 is 0 Å². The van der Waals surface area contributed by atoms with Crippen LogP contribution in [0, 0.1) is 0 Å². The molecule has 2 amide bonds. The van der Waals surface area contributed by atoms with E-state index >= 15 is 0 Å². The minimum atomic E-state index is -0.0613. The molecule has 0 bridgehead atoms. The number of carbonyl (C=O) groups excluding carboxylic acids is 2. The second-order valence-electron chi connectivity index (χ2n) is 4.00. The van der Waals surface area contributed by atoms with Crippen molar-refractivity contribution in [3.05, 3.63) is 0 Å². The number of rotatable bonds is 9. The SMILES string of the molecule is CCCCCCCC(=O)NCCNC(C)=O. The van der Waals surface area contributed by atoms with Crippen LogP contribution in [-0.2, 0) is 9.59 Å². The van der Waals surface area contributed by atoms with Gasteiger partial charge in [-0.25, -0.2) is 0 Å². The first-order valence-corrected chi connectivity index (χ1v) is 6.18. The van der Waals surface area contributed by atoms with E-state index in [1.165, 1.54) is 26.2 Å². The van der Waals surface area contributed by atoms with Crippen LogP contribution in [0.1, 0.15) is 52.4 Å². The van der Waals surface area contributed by atoms with E-state index in [2.05, 4.69) is 17.6 Å². The van der Waals surface area contributed by atoms with Gasteiger partial charge in [0.2, 0.25) is 11.8 Å². The summed E-state index contributed by atoms with van der Waals surface area (Å²) in [7, 11) is 0. The molecule has 0 atom stereocenters. The van der Waals surface area contributed by atoms with E-state index in [0.29, 0.717) is 19.5 Å². The second-order valence-corrected chi connectivity index (χ2v) is 4.00. The molecule has 4 nitrogen and oxygen atoms in total. The molecule has 0 heterocycles. The third-order valence-electron chi connectivity index (χ3n) is 2.33. The van der Waals surface area contributed by atoms with E-state index in [4.69, 9.17) is 0 Å². The van der Waals surface area contributed by atoms with Crippen molar-refractivity contribution >= 4 is 11.8 Å². The lowest BCUT2D eigenvalue weighted by Gasteiger charge is -2.05. The number of nitrogens with one attached hydrogen (secondary N) is 2. The maximum atomic E-state index is 11.3. The molecule has 0 aliphatic heterocycles. The van der Waals surface area contributed by atoms with Crippen LogP contribution < -0.4 is 10.6 Å². The van der Waals surface area contributed by atoms with Gasteiger partial charge in [-0.05, 0) is 6.42 Å². The molecule has 0 spiro atoms. The Bertz CT molecular complexity index is 205. The molecule has 0 aliphatic carbocycles. The van der Waals surface area contributed by atoms with Crippen LogP contribution in [0.2, 0.25) is 0 Å². The molecule has 0 aromatic carbocycles. The molecule has 0 saturated carbocycles. The molecule has 94 valence electrons. The van der Waals surface area contributed by atoms with Gasteiger partial charge in [-0.1, -0.05) is 32.6 Å². The van der Waals surface area contributed by atoms with Crippen molar-refractivity contribution < 1.29 is 9.59 Å². The molecule has 4 heteroatoms. The summed E-state index contributed by atoms with van der Waals surface area (Å²) in [6, 6.07) is 0. The van der Waals surface area contributed by atoms with E-state index in [-0.39, 0.29) is 11.8 Å². The van der Waals surface area contributed by atoms with Crippen LogP contribution in [-0.4, -0.2) is 24.9 Å². The summed E-state index contributed by atoms with van der Waals surface area (Å²) in [6.45, 7) is 4.68. The first kappa shape index (κ1) is 14.9. The third-order valence-corrected chi connectivity index (χ3v) is 2.33. The molecule has 0 aromatic heterocycles. The Labute approximate surface area is 98.2 Å². The zero-order valence-corrected chi connectivity index (χ0v) is 10.5. The van der Waals surface area contributed by atoms with Gasteiger partial charge in [-0.15, -0.1) is 0 Å². The molecule has 0 aromatic rings. The summed E-state index contributed by atoms with van der Waals surface area (Å²) in [4.78, 5) is 21.8. The second kappa shape index (κ2) is 10.5. The zero-order chi connectivity index (χ0) is 12.2. The van der Waals surface area contributed by atoms with Crippen molar-refractivity contribution in [3.8, 4) is 0 Å². The van der Waals surface area contributed by atoms with Gasteiger partial charge in [0.25, 0.3) is 0 Å². The summed E-state index contributed by atoms with van der Waals surface area (Å²) in [5.41, 5.74) is 0. The van der Waals surface area contributed by atoms with Crippen LogP contribution >= 0.6 is 0 Å². The Morgan fingerprint density at radius 1 is 0.938 bits per heavy atom. The fraction of sp³-hybridized carbons (Fsp3) is 0.833. The number of carbonyl (C=O) groups is 2. The summed E-state index contributed by atoms with van der Waals surface area (Å²) in [6.07, 6.45) is 6.39. The summed E-state index contributed by atoms with van der Waals surface area (Å²) < 4.78 is 0. The molecular formula is C12H24N2O2. The predicted molar refractivity (Wildman–Crippen MR) is 65.1 cm³/mol. The first-order valence-electron chi connectivity index (χ1n) is 6.18. The van der Waals surface area contributed by atoms with Crippen LogP contribution in [0.4, 0.5) is 0 Å². The van der Waals surface area contributed by atoms with E-state index in [0.717, 1.165) is 12.8 Å². The van der Waals surface area contributed by atoms with Gasteiger partial charge < -0.3 is 10.6 Å². The Morgan fingerprint density at radius 2 is 1.56 bits per heavy atom. The van der Waals surface area contributed by atoms with Crippen molar-refractivity contribution in [2.45, 2.75) is 52.4 Å². The smallest absolute Gasteiger partial charge is 0.220 e. The van der Waals surface area contributed by atoms with Crippen LogP contribution in [0.25, 0.3) is 0 Å². The minimum absolute atomic E-state index is 0.0613. The van der Waals surface area contributed by atoms with E-state index < -0.39 is 0 Å². The van der Waals surface area contributed by atoms with Gasteiger partial charge in [-0.3, -0.25) is 9.59 Å². The Morgan fingerprint density at radius 3 is 2.19 bits per heavy atom. The molecule has 0 rings (SSSR count). The normalized spacial score (nSPS) is 9.88. The highest BCUT2D eigenvalue weighted by Crippen LogP contribution is 2.04. The van der Waals surface area contributed by atoms with Crippen molar-refractivity contribution in [2.24, 2.45) is 0 Å². The lowest BCUT2D eigenvalue weighted by Crippen LogP contribution is -2.33. The molecule has 0 aliphatic rings. The number of hydrogen-bond donors (Lipinski definition) is 2. The fourth-order valence-electron chi connectivity index (χ4n) is 1.42. The lowest BCUT2D eigenvalue weighted by molar-refractivity contribution is -0.122. The zero-order valence-electron chi connectivity index (χ0n) is 10.5. The van der Waals surface area contributed by atoms with E-state index in [9.17, 15) is 9.59 Å². The highest BCUT2D eigenvalue weighted by Gasteiger charge is 2.00. The quantitative estimate of drug-likeness (QED) is 0.589. The fourth-order valence-corrected chi connectivity index (χ4v) is 1.42. The van der Waals surface area contributed by atoms with Crippen LogP contribution in [0.3, 0.4) is 0 Å². The minimum Gasteiger partial charge on any atom is -0.355 e. The molecule has 2 N–H and O–H groups in total. The van der Waals surface area contributed by atoms with Gasteiger partial charge in [0.15, 0.2) is 0 Å². The Balaban J connectivity index is 3.21. The third kappa shape index (κ3) is 11.0. The van der Waals surface area contributed by atoms with Crippen LogP contribution in [0.5, 0.6) is 0 Å². The topological polar surface area (TPSA) is 58.2 Å². The number of unbranched alkanes of at least 4 members (excludes halogenated alkanes) is 4. The molecule has 0 unspecified atom stereocenters. The van der Waals surface area contributed by atoms with Crippen molar-refractivity contribution in [3.63, 3.8) is 0 Å². The number of amides is 2. The lowest BCUT2D eigenvalue weighted by atomic mass is 10.1. The first-order chi connectivity index (χ1) is 7.66.